The van der Waals surface area contributed by atoms with Crippen molar-refractivity contribution in [2.75, 3.05) is 5.73 Å². The van der Waals surface area contributed by atoms with E-state index in [0.29, 0.717) is 0 Å². The van der Waals surface area contributed by atoms with E-state index >= 15 is 0 Å². The van der Waals surface area contributed by atoms with Gasteiger partial charge in [0.2, 0.25) is 0 Å². The van der Waals surface area contributed by atoms with Crippen molar-refractivity contribution >= 4 is 22.0 Å². The topological polar surface area (TPSA) is 69.1 Å². The van der Waals surface area contributed by atoms with Gasteiger partial charge >= 0.3 is 0 Å². The van der Waals surface area contributed by atoms with Crippen molar-refractivity contribution < 1.29 is 0 Å². The summed E-state index contributed by atoms with van der Waals surface area (Å²) in [5.41, 5.74) is 10.4. The molecule has 0 amide bonds. The monoisotopic (exact) mass is 285 g/mol. The van der Waals surface area contributed by atoms with E-state index in [1.807, 2.05) is 23.6 Å². The molecule has 0 aromatic carbocycles. The van der Waals surface area contributed by atoms with Crippen LogP contribution < -0.4 is 5.73 Å². The molecule has 0 spiro atoms. The van der Waals surface area contributed by atoms with Crippen molar-refractivity contribution in [3.8, 4) is 11.4 Å². The molecule has 2 N–H and O–H groups in total. The van der Waals surface area contributed by atoms with Gasteiger partial charge in [-0.3, -0.25) is 0 Å². The number of hydrogen-bond acceptors (Lipinski definition) is 5. The van der Waals surface area contributed by atoms with Gasteiger partial charge in [0.25, 0.3) is 0 Å². The second kappa shape index (κ2) is 4.28. The number of aromatic nitrogens is 4. The molecule has 0 radical (unpaired) electrons. The number of hydrogen-bond donors (Lipinski definition) is 1. The molecule has 0 bridgehead atoms. The van der Waals surface area contributed by atoms with Gasteiger partial charge in [0.15, 0.2) is 11.5 Å². The van der Waals surface area contributed by atoms with Crippen LogP contribution in [-0.2, 0) is 12.8 Å². The van der Waals surface area contributed by atoms with Crippen LogP contribution in [0.4, 0.5) is 5.00 Å². The van der Waals surface area contributed by atoms with Crippen molar-refractivity contribution in [2.24, 2.45) is 0 Å². The van der Waals surface area contributed by atoms with E-state index in [4.69, 9.17) is 5.73 Å². The molecule has 3 aromatic heterocycles. The first-order chi connectivity index (χ1) is 9.74. The highest BCUT2D eigenvalue weighted by Crippen LogP contribution is 2.41. The molecule has 1 aliphatic carbocycles. The Morgan fingerprint density at radius 2 is 2.05 bits per heavy atom. The maximum Gasteiger partial charge on any atom is 0.188 e. The maximum atomic E-state index is 6.25. The van der Waals surface area contributed by atoms with E-state index in [2.05, 4.69) is 15.3 Å². The molecule has 0 aliphatic heterocycles. The standard InChI is InChI=1S/C14H15N5S/c1-8-6-7-11-16-17-14(19(11)18-8)12-9-4-2-3-5-10(9)20-13(12)15/h6-7H,2-5,15H2,1H3. The van der Waals surface area contributed by atoms with E-state index in [-0.39, 0.29) is 0 Å². The fraction of sp³-hybridized carbons (Fsp3) is 0.357. The van der Waals surface area contributed by atoms with Crippen LogP contribution >= 0.6 is 11.3 Å². The van der Waals surface area contributed by atoms with E-state index in [0.717, 1.165) is 40.6 Å². The normalized spacial score (nSPS) is 14.7. The lowest BCUT2D eigenvalue weighted by Gasteiger charge is -2.11. The number of aryl methyl sites for hydroxylation is 2. The number of nitrogens with zero attached hydrogens (tertiary/aromatic N) is 4. The van der Waals surface area contributed by atoms with E-state index in [9.17, 15) is 0 Å². The largest absolute Gasteiger partial charge is 0.390 e. The first kappa shape index (κ1) is 11.8. The van der Waals surface area contributed by atoms with Crippen LogP contribution in [0.5, 0.6) is 0 Å². The van der Waals surface area contributed by atoms with Crippen LogP contribution in [0.1, 0.15) is 29.0 Å². The minimum absolute atomic E-state index is 0.765. The van der Waals surface area contributed by atoms with Crippen molar-refractivity contribution in [3.63, 3.8) is 0 Å². The van der Waals surface area contributed by atoms with Gasteiger partial charge in [0, 0.05) is 4.88 Å². The zero-order valence-electron chi connectivity index (χ0n) is 11.3. The van der Waals surface area contributed by atoms with Crippen molar-refractivity contribution in [2.45, 2.75) is 32.6 Å². The van der Waals surface area contributed by atoms with Crippen LogP contribution in [0.2, 0.25) is 0 Å². The molecule has 102 valence electrons. The molecule has 4 rings (SSSR count). The average Bonchev–Trinajstić information content (AvgIpc) is 2.98. The highest BCUT2D eigenvalue weighted by molar-refractivity contribution is 7.16. The summed E-state index contributed by atoms with van der Waals surface area (Å²) in [4.78, 5) is 1.41. The summed E-state index contributed by atoms with van der Waals surface area (Å²) in [6.07, 6.45) is 4.69. The number of nitrogens with two attached hydrogens (primary N) is 1. The second-order valence-electron chi connectivity index (χ2n) is 5.22. The Kier molecular flexibility index (Phi) is 2.53. The fourth-order valence-corrected chi connectivity index (χ4v) is 4.02. The lowest BCUT2D eigenvalue weighted by molar-refractivity contribution is 0.697. The Labute approximate surface area is 120 Å². The molecule has 0 saturated carbocycles. The number of nitrogen functional groups attached to an aromatic ring is 1. The average molecular weight is 285 g/mol. The summed E-state index contributed by atoms with van der Waals surface area (Å²) in [6.45, 7) is 1.97. The summed E-state index contributed by atoms with van der Waals surface area (Å²) in [5.74, 6) is 0.778. The van der Waals surface area contributed by atoms with Gasteiger partial charge in [-0.1, -0.05) is 0 Å². The van der Waals surface area contributed by atoms with Crippen molar-refractivity contribution in [1.82, 2.24) is 19.8 Å². The third-order valence-corrected chi connectivity index (χ3v) is 4.94. The lowest BCUT2D eigenvalue weighted by atomic mass is 9.95. The molecule has 1 aliphatic rings. The number of anilines is 1. The van der Waals surface area contributed by atoms with Gasteiger partial charge in [-0.25, -0.2) is 0 Å². The molecule has 20 heavy (non-hydrogen) atoms. The minimum atomic E-state index is 0.765. The molecule has 3 aromatic rings. The van der Waals surface area contributed by atoms with Gasteiger partial charge in [0.05, 0.1) is 16.3 Å². The maximum absolute atomic E-state index is 6.25. The summed E-state index contributed by atoms with van der Waals surface area (Å²) in [6, 6.07) is 3.88. The number of fused-ring (bicyclic) bond motifs is 2. The lowest BCUT2D eigenvalue weighted by Crippen LogP contribution is -2.03. The van der Waals surface area contributed by atoms with Crippen molar-refractivity contribution in [1.29, 1.82) is 0 Å². The Hall–Kier alpha value is -1.95. The predicted molar refractivity (Wildman–Crippen MR) is 79.9 cm³/mol. The Morgan fingerprint density at radius 3 is 2.95 bits per heavy atom. The van der Waals surface area contributed by atoms with Gasteiger partial charge in [-0.2, -0.15) is 9.61 Å². The molecule has 5 nitrogen and oxygen atoms in total. The Balaban J connectivity index is 1.99. The number of rotatable bonds is 1. The molecule has 0 atom stereocenters. The Morgan fingerprint density at radius 1 is 1.20 bits per heavy atom. The van der Waals surface area contributed by atoms with Crippen molar-refractivity contribution in [3.05, 3.63) is 28.3 Å². The Bertz CT molecular complexity index is 801. The van der Waals surface area contributed by atoms with Gasteiger partial charge in [-0.05, 0) is 50.3 Å². The fourth-order valence-electron chi connectivity index (χ4n) is 2.87. The van der Waals surface area contributed by atoms with Crippen LogP contribution in [0, 0.1) is 6.92 Å². The molecular formula is C14H15N5S. The van der Waals surface area contributed by atoms with E-state index < -0.39 is 0 Å². The first-order valence-electron chi connectivity index (χ1n) is 6.83. The van der Waals surface area contributed by atoms with Gasteiger partial charge in [0.1, 0.15) is 0 Å². The highest BCUT2D eigenvalue weighted by Gasteiger charge is 2.24. The molecule has 0 saturated heterocycles. The van der Waals surface area contributed by atoms with Gasteiger partial charge in [-0.15, -0.1) is 21.5 Å². The SMILES string of the molecule is Cc1ccc2nnc(-c3c(N)sc4c3CCCC4)n2n1. The third-order valence-electron chi connectivity index (χ3n) is 3.82. The van der Waals surface area contributed by atoms with E-state index in [1.165, 1.54) is 23.3 Å². The van der Waals surface area contributed by atoms with Crippen LogP contribution in [-0.4, -0.2) is 19.8 Å². The number of thiophene rings is 1. The summed E-state index contributed by atoms with van der Waals surface area (Å²) < 4.78 is 1.81. The minimum Gasteiger partial charge on any atom is -0.390 e. The molecule has 0 unspecified atom stereocenters. The van der Waals surface area contributed by atoms with Gasteiger partial charge < -0.3 is 5.73 Å². The smallest absolute Gasteiger partial charge is 0.188 e. The summed E-state index contributed by atoms with van der Waals surface area (Å²) in [5, 5.41) is 13.9. The molecule has 0 fully saturated rings. The predicted octanol–water partition coefficient (Wildman–Crippen LogP) is 2.62. The van der Waals surface area contributed by atoms with Crippen LogP contribution in [0.25, 0.3) is 17.0 Å². The molecule has 3 heterocycles. The van der Waals surface area contributed by atoms with E-state index in [1.54, 1.807) is 11.3 Å². The summed E-state index contributed by atoms with van der Waals surface area (Å²) >= 11 is 1.70. The zero-order chi connectivity index (χ0) is 13.7. The zero-order valence-corrected chi connectivity index (χ0v) is 12.1. The third kappa shape index (κ3) is 1.64. The molecule has 6 heteroatoms. The second-order valence-corrected chi connectivity index (χ2v) is 6.36. The molecular weight excluding hydrogens is 270 g/mol. The van der Waals surface area contributed by atoms with Crippen LogP contribution in [0.15, 0.2) is 12.1 Å². The highest BCUT2D eigenvalue weighted by atomic mass is 32.1. The quantitative estimate of drug-likeness (QED) is 0.746. The summed E-state index contributed by atoms with van der Waals surface area (Å²) in [7, 11) is 0. The van der Waals surface area contributed by atoms with Crippen LogP contribution in [0.3, 0.4) is 0 Å². The first-order valence-corrected chi connectivity index (χ1v) is 7.65.